The lowest BCUT2D eigenvalue weighted by Crippen LogP contribution is -2.44. The van der Waals surface area contributed by atoms with Crippen molar-refractivity contribution in [1.82, 2.24) is 10.3 Å². The molecule has 0 saturated heterocycles. The van der Waals surface area contributed by atoms with Gasteiger partial charge in [0.25, 0.3) is 0 Å². The van der Waals surface area contributed by atoms with E-state index in [1.165, 1.54) is 0 Å². The third-order valence-electron chi connectivity index (χ3n) is 3.58. The van der Waals surface area contributed by atoms with Gasteiger partial charge < -0.3 is 15.8 Å². The summed E-state index contributed by atoms with van der Waals surface area (Å²) in [5.41, 5.74) is 7.62. The van der Waals surface area contributed by atoms with Gasteiger partial charge in [-0.15, -0.1) is 0 Å². The zero-order valence-electron chi connectivity index (χ0n) is 12.6. The van der Waals surface area contributed by atoms with Gasteiger partial charge in [-0.2, -0.15) is 0 Å². The van der Waals surface area contributed by atoms with E-state index in [2.05, 4.69) is 31.1 Å². The Balaban J connectivity index is 3.09. The molecule has 3 N–H and O–H groups in total. The van der Waals surface area contributed by atoms with Gasteiger partial charge in [0, 0.05) is 30.3 Å². The minimum Gasteiger partial charge on any atom is -0.398 e. The van der Waals surface area contributed by atoms with Crippen molar-refractivity contribution >= 4 is 5.69 Å². The summed E-state index contributed by atoms with van der Waals surface area (Å²) in [7, 11) is 0. The molecule has 1 aromatic heterocycles. The Bertz CT molecular complexity index is 383. The summed E-state index contributed by atoms with van der Waals surface area (Å²) in [6, 6.07) is 1.91. The van der Waals surface area contributed by atoms with E-state index in [-0.39, 0.29) is 11.6 Å². The third-order valence-corrected chi connectivity index (χ3v) is 3.58. The van der Waals surface area contributed by atoms with E-state index in [1.807, 2.05) is 19.2 Å². The van der Waals surface area contributed by atoms with E-state index in [4.69, 9.17) is 10.5 Å². The molecule has 0 saturated carbocycles. The molecule has 0 aromatic carbocycles. The Kier molecular flexibility index (Phi) is 6.25. The predicted molar refractivity (Wildman–Crippen MR) is 80.0 cm³/mol. The van der Waals surface area contributed by atoms with Gasteiger partial charge in [0.15, 0.2) is 0 Å². The van der Waals surface area contributed by atoms with E-state index >= 15 is 0 Å². The maximum absolute atomic E-state index is 6.11. The molecule has 1 aromatic rings. The molecule has 2 unspecified atom stereocenters. The Labute approximate surface area is 116 Å². The summed E-state index contributed by atoms with van der Waals surface area (Å²) < 4.78 is 6.00. The van der Waals surface area contributed by atoms with Crippen molar-refractivity contribution in [1.29, 1.82) is 0 Å². The van der Waals surface area contributed by atoms with E-state index in [9.17, 15) is 0 Å². The molecule has 108 valence electrons. The van der Waals surface area contributed by atoms with E-state index in [1.54, 1.807) is 6.20 Å². The van der Waals surface area contributed by atoms with Crippen molar-refractivity contribution in [3.8, 4) is 0 Å². The van der Waals surface area contributed by atoms with Gasteiger partial charge in [-0.3, -0.25) is 4.98 Å². The quantitative estimate of drug-likeness (QED) is 0.758. The van der Waals surface area contributed by atoms with Crippen LogP contribution < -0.4 is 11.1 Å². The second-order valence-electron chi connectivity index (χ2n) is 4.99. The van der Waals surface area contributed by atoms with Gasteiger partial charge in [-0.05, 0) is 39.3 Å². The van der Waals surface area contributed by atoms with Crippen LogP contribution in [0.5, 0.6) is 0 Å². The number of hydrogen-bond donors (Lipinski definition) is 2. The summed E-state index contributed by atoms with van der Waals surface area (Å²) >= 11 is 0. The van der Waals surface area contributed by atoms with Gasteiger partial charge >= 0.3 is 0 Å². The first-order chi connectivity index (χ1) is 9.09. The van der Waals surface area contributed by atoms with Crippen LogP contribution in [0.25, 0.3) is 0 Å². The van der Waals surface area contributed by atoms with Crippen molar-refractivity contribution in [3.05, 3.63) is 24.0 Å². The van der Waals surface area contributed by atoms with Crippen molar-refractivity contribution in [3.63, 3.8) is 0 Å². The van der Waals surface area contributed by atoms with Gasteiger partial charge in [-0.25, -0.2) is 0 Å². The second-order valence-corrected chi connectivity index (χ2v) is 4.99. The van der Waals surface area contributed by atoms with E-state index < -0.39 is 0 Å². The zero-order chi connectivity index (χ0) is 14.3. The highest BCUT2D eigenvalue weighted by molar-refractivity contribution is 5.47. The molecule has 0 bridgehead atoms. The predicted octanol–water partition coefficient (Wildman–Crippen LogP) is 2.91. The van der Waals surface area contributed by atoms with E-state index in [0.717, 1.165) is 30.6 Å². The minimum atomic E-state index is -0.277. The average molecular weight is 265 g/mol. The van der Waals surface area contributed by atoms with Crippen LogP contribution in [-0.4, -0.2) is 23.7 Å². The van der Waals surface area contributed by atoms with Crippen LogP contribution in [0.2, 0.25) is 0 Å². The standard InChI is InChI=1S/C15H27N3O/c1-5-9-18-14(15(4,6-2)19-7-3)12-11-17-10-8-13(12)16/h8,10-11,14,18H,5-7,9H2,1-4H3,(H2,16,17). The lowest BCUT2D eigenvalue weighted by atomic mass is 9.87. The number of nitrogens with zero attached hydrogens (tertiary/aromatic N) is 1. The molecule has 0 fully saturated rings. The Morgan fingerprint density at radius 1 is 1.42 bits per heavy atom. The SMILES string of the molecule is CCCNC(c1cnccc1N)C(C)(CC)OCC. The molecule has 1 heterocycles. The summed E-state index contributed by atoms with van der Waals surface area (Å²) in [4.78, 5) is 4.21. The molecule has 0 spiro atoms. The number of hydrogen-bond acceptors (Lipinski definition) is 4. The highest BCUT2D eigenvalue weighted by Gasteiger charge is 2.35. The van der Waals surface area contributed by atoms with Crippen molar-refractivity contribution in [2.45, 2.75) is 52.2 Å². The third kappa shape index (κ3) is 3.91. The van der Waals surface area contributed by atoms with Crippen LogP contribution in [0.15, 0.2) is 18.5 Å². The second kappa shape index (κ2) is 7.46. The summed E-state index contributed by atoms with van der Waals surface area (Å²) in [5.74, 6) is 0. The zero-order valence-corrected chi connectivity index (χ0v) is 12.6. The van der Waals surface area contributed by atoms with Crippen LogP contribution >= 0.6 is 0 Å². The van der Waals surface area contributed by atoms with Crippen molar-refractivity contribution < 1.29 is 4.74 Å². The molecule has 0 radical (unpaired) electrons. The van der Waals surface area contributed by atoms with Gasteiger partial charge in [0.05, 0.1) is 11.6 Å². The highest BCUT2D eigenvalue weighted by atomic mass is 16.5. The summed E-state index contributed by atoms with van der Waals surface area (Å²) in [6.45, 7) is 10.1. The largest absolute Gasteiger partial charge is 0.398 e. The van der Waals surface area contributed by atoms with Gasteiger partial charge in [0.2, 0.25) is 0 Å². The average Bonchev–Trinajstić information content (AvgIpc) is 2.41. The monoisotopic (exact) mass is 265 g/mol. The first kappa shape index (κ1) is 15.9. The van der Waals surface area contributed by atoms with Crippen LogP contribution in [0.1, 0.15) is 52.1 Å². The lowest BCUT2D eigenvalue weighted by Gasteiger charge is -2.38. The Morgan fingerprint density at radius 2 is 2.16 bits per heavy atom. The lowest BCUT2D eigenvalue weighted by molar-refractivity contribution is -0.0561. The molecular weight excluding hydrogens is 238 g/mol. The highest BCUT2D eigenvalue weighted by Crippen LogP contribution is 2.34. The molecule has 4 nitrogen and oxygen atoms in total. The Morgan fingerprint density at radius 3 is 2.68 bits per heavy atom. The summed E-state index contributed by atoms with van der Waals surface area (Å²) in [5, 5.41) is 3.56. The summed E-state index contributed by atoms with van der Waals surface area (Å²) in [6.07, 6.45) is 5.55. The molecule has 19 heavy (non-hydrogen) atoms. The maximum atomic E-state index is 6.11. The Hall–Kier alpha value is -1.13. The number of nitrogens with two attached hydrogens (primary N) is 1. The normalized spacial score (nSPS) is 16.0. The van der Waals surface area contributed by atoms with Crippen LogP contribution in [0.3, 0.4) is 0 Å². The molecular formula is C15H27N3O. The van der Waals surface area contributed by atoms with Gasteiger partial charge in [-0.1, -0.05) is 13.8 Å². The van der Waals surface area contributed by atoms with Gasteiger partial charge in [0.1, 0.15) is 0 Å². The number of ether oxygens (including phenoxy) is 1. The topological polar surface area (TPSA) is 60.2 Å². The van der Waals surface area contributed by atoms with E-state index in [0.29, 0.717) is 6.61 Å². The molecule has 0 aliphatic heterocycles. The number of pyridine rings is 1. The first-order valence-corrected chi connectivity index (χ1v) is 7.15. The fraction of sp³-hybridized carbons (Fsp3) is 0.667. The smallest absolute Gasteiger partial charge is 0.0846 e. The molecule has 0 amide bonds. The molecule has 0 aliphatic rings. The fourth-order valence-corrected chi connectivity index (χ4v) is 2.32. The van der Waals surface area contributed by atoms with Crippen LogP contribution in [-0.2, 0) is 4.74 Å². The number of aromatic nitrogens is 1. The molecule has 0 aliphatic carbocycles. The fourth-order valence-electron chi connectivity index (χ4n) is 2.32. The molecule has 4 heteroatoms. The number of nitrogens with one attached hydrogen (secondary N) is 1. The molecule has 2 atom stereocenters. The number of nitrogen functional groups attached to an aromatic ring is 1. The minimum absolute atomic E-state index is 0.0612. The molecule has 1 rings (SSSR count). The van der Waals surface area contributed by atoms with Crippen molar-refractivity contribution in [2.75, 3.05) is 18.9 Å². The van der Waals surface area contributed by atoms with Crippen LogP contribution in [0, 0.1) is 0 Å². The van der Waals surface area contributed by atoms with Crippen LogP contribution in [0.4, 0.5) is 5.69 Å². The first-order valence-electron chi connectivity index (χ1n) is 7.15. The maximum Gasteiger partial charge on any atom is 0.0846 e. The van der Waals surface area contributed by atoms with Crippen molar-refractivity contribution in [2.24, 2.45) is 0 Å². The number of anilines is 1. The number of rotatable bonds is 8.